The second kappa shape index (κ2) is 4.60. The van der Waals surface area contributed by atoms with Gasteiger partial charge in [0, 0.05) is 0 Å². The van der Waals surface area contributed by atoms with Gasteiger partial charge in [0.15, 0.2) is 0 Å². The number of benzene rings is 1. The highest BCUT2D eigenvalue weighted by Crippen LogP contribution is 2.66. The molecule has 0 amide bonds. The van der Waals surface area contributed by atoms with Gasteiger partial charge in [-0.2, -0.15) is 5.26 Å². The van der Waals surface area contributed by atoms with Crippen LogP contribution in [0.5, 0.6) is 0 Å². The van der Waals surface area contributed by atoms with Crippen LogP contribution in [0.25, 0.3) is 0 Å². The maximum absolute atomic E-state index is 8.95. The SMILES string of the molecule is CC1(C)C2CCC1(C)C(OCc1cccc(C#N)c1)C2. The van der Waals surface area contributed by atoms with Gasteiger partial charge in [-0.3, -0.25) is 0 Å². The average Bonchev–Trinajstić information content (AvgIpc) is 2.78. The monoisotopic (exact) mass is 269 g/mol. The van der Waals surface area contributed by atoms with Crippen molar-refractivity contribution in [3.63, 3.8) is 0 Å². The fourth-order valence-electron chi connectivity index (χ4n) is 4.31. The highest BCUT2D eigenvalue weighted by atomic mass is 16.5. The molecular weight excluding hydrogens is 246 g/mol. The van der Waals surface area contributed by atoms with Crippen molar-refractivity contribution in [2.24, 2.45) is 16.7 Å². The first kappa shape index (κ1) is 13.6. The van der Waals surface area contributed by atoms with Gasteiger partial charge in [0.1, 0.15) is 0 Å². The van der Waals surface area contributed by atoms with Gasteiger partial charge in [0.2, 0.25) is 0 Å². The maximum atomic E-state index is 8.95. The quantitative estimate of drug-likeness (QED) is 0.820. The van der Waals surface area contributed by atoms with Gasteiger partial charge in [-0.15, -0.1) is 0 Å². The zero-order chi connectivity index (χ0) is 14.4. The number of rotatable bonds is 3. The summed E-state index contributed by atoms with van der Waals surface area (Å²) in [5.74, 6) is 0.808. The van der Waals surface area contributed by atoms with E-state index in [0.717, 1.165) is 11.5 Å². The molecule has 3 rings (SSSR count). The second-order valence-electron chi connectivity index (χ2n) is 7.22. The van der Waals surface area contributed by atoms with Crippen LogP contribution in [-0.2, 0) is 11.3 Å². The molecular formula is C18H23NO. The van der Waals surface area contributed by atoms with Crippen molar-refractivity contribution in [1.29, 1.82) is 5.26 Å². The molecule has 2 aliphatic carbocycles. The number of ether oxygens (including phenoxy) is 1. The Bertz CT molecular complexity index is 557. The van der Waals surface area contributed by atoms with Gasteiger partial charge in [0.25, 0.3) is 0 Å². The van der Waals surface area contributed by atoms with E-state index in [-0.39, 0.29) is 0 Å². The predicted molar refractivity (Wildman–Crippen MR) is 79.0 cm³/mol. The first-order chi connectivity index (χ1) is 9.47. The summed E-state index contributed by atoms with van der Waals surface area (Å²) in [4.78, 5) is 0. The summed E-state index contributed by atoms with van der Waals surface area (Å²) in [7, 11) is 0. The molecule has 0 heterocycles. The molecule has 1 aromatic rings. The van der Waals surface area contributed by atoms with Crippen LogP contribution in [0.3, 0.4) is 0 Å². The molecule has 2 bridgehead atoms. The minimum Gasteiger partial charge on any atom is -0.373 e. The third kappa shape index (κ3) is 1.88. The van der Waals surface area contributed by atoms with Crippen molar-refractivity contribution in [3.05, 3.63) is 35.4 Å². The van der Waals surface area contributed by atoms with E-state index in [9.17, 15) is 0 Å². The predicted octanol–water partition coefficient (Wildman–Crippen LogP) is 4.29. The van der Waals surface area contributed by atoms with E-state index >= 15 is 0 Å². The van der Waals surface area contributed by atoms with Crippen LogP contribution in [0.4, 0.5) is 0 Å². The largest absolute Gasteiger partial charge is 0.373 e. The lowest BCUT2D eigenvalue weighted by molar-refractivity contribution is -0.0550. The summed E-state index contributed by atoms with van der Waals surface area (Å²) in [6, 6.07) is 9.93. The minimum atomic E-state index is 0.310. The molecule has 2 aliphatic rings. The molecule has 0 saturated heterocycles. The molecule has 0 aromatic heterocycles. The van der Waals surface area contributed by atoms with E-state index in [2.05, 4.69) is 26.8 Å². The molecule has 0 spiro atoms. The van der Waals surface area contributed by atoms with Crippen molar-refractivity contribution >= 4 is 0 Å². The smallest absolute Gasteiger partial charge is 0.0991 e. The van der Waals surface area contributed by atoms with Gasteiger partial charge >= 0.3 is 0 Å². The molecule has 0 radical (unpaired) electrons. The van der Waals surface area contributed by atoms with E-state index < -0.39 is 0 Å². The van der Waals surface area contributed by atoms with Crippen LogP contribution in [-0.4, -0.2) is 6.10 Å². The van der Waals surface area contributed by atoms with Crippen LogP contribution in [0.2, 0.25) is 0 Å². The summed E-state index contributed by atoms with van der Waals surface area (Å²) in [6.07, 6.45) is 4.20. The van der Waals surface area contributed by atoms with Crippen molar-refractivity contribution < 1.29 is 4.74 Å². The number of nitrogens with zero attached hydrogens (tertiary/aromatic N) is 1. The van der Waals surface area contributed by atoms with Crippen LogP contribution in [0.15, 0.2) is 24.3 Å². The third-order valence-electron chi connectivity index (χ3n) is 6.22. The fourth-order valence-corrected chi connectivity index (χ4v) is 4.31. The van der Waals surface area contributed by atoms with Gasteiger partial charge in [-0.05, 0) is 53.7 Å². The molecule has 2 nitrogen and oxygen atoms in total. The molecule has 3 unspecified atom stereocenters. The highest BCUT2D eigenvalue weighted by molar-refractivity contribution is 5.32. The molecule has 2 fully saturated rings. The first-order valence-corrected chi connectivity index (χ1v) is 7.58. The summed E-state index contributed by atoms with van der Waals surface area (Å²) in [5.41, 5.74) is 2.52. The van der Waals surface area contributed by atoms with Gasteiger partial charge in [-0.25, -0.2) is 0 Å². The number of hydrogen-bond acceptors (Lipinski definition) is 2. The Morgan fingerprint density at radius 1 is 1.35 bits per heavy atom. The van der Waals surface area contributed by atoms with Crippen molar-refractivity contribution in [3.8, 4) is 6.07 Å². The van der Waals surface area contributed by atoms with Gasteiger partial charge < -0.3 is 4.74 Å². The van der Waals surface area contributed by atoms with E-state index in [1.807, 2.05) is 24.3 Å². The Balaban J connectivity index is 1.70. The first-order valence-electron chi connectivity index (χ1n) is 7.58. The van der Waals surface area contributed by atoms with Crippen LogP contribution in [0, 0.1) is 28.1 Å². The van der Waals surface area contributed by atoms with E-state index in [1.165, 1.54) is 19.3 Å². The third-order valence-corrected chi connectivity index (χ3v) is 6.22. The number of nitriles is 1. The lowest BCUT2D eigenvalue weighted by Crippen LogP contribution is -2.37. The van der Waals surface area contributed by atoms with Crippen molar-refractivity contribution in [2.45, 2.75) is 52.7 Å². The lowest BCUT2D eigenvalue weighted by Gasteiger charge is -2.38. The standard InChI is InChI=1S/C18H23NO/c1-17(2)15-7-8-18(17,3)16(10-15)20-12-14-6-4-5-13(9-14)11-19/h4-6,9,15-16H,7-8,10,12H2,1-3H3. The van der Waals surface area contributed by atoms with E-state index in [4.69, 9.17) is 10.00 Å². The van der Waals surface area contributed by atoms with Crippen LogP contribution < -0.4 is 0 Å². The second-order valence-corrected chi connectivity index (χ2v) is 7.22. The summed E-state index contributed by atoms with van der Waals surface area (Å²) in [6.45, 7) is 7.84. The molecule has 1 aromatic carbocycles. The Hall–Kier alpha value is -1.33. The molecule has 20 heavy (non-hydrogen) atoms. The minimum absolute atomic E-state index is 0.310. The summed E-state index contributed by atoms with van der Waals surface area (Å²) < 4.78 is 6.25. The zero-order valence-electron chi connectivity index (χ0n) is 12.6. The Morgan fingerprint density at radius 3 is 2.75 bits per heavy atom. The van der Waals surface area contributed by atoms with Crippen molar-refractivity contribution in [1.82, 2.24) is 0 Å². The topological polar surface area (TPSA) is 33.0 Å². The lowest BCUT2D eigenvalue weighted by atomic mass is 9.70. The van der Waals surface area contributed by atoms with Crippen molar-refractivity contribution in [2.75, 3.05) is 0 Å². The average molecular weight is 269 g/mol. The van der Waals surface area contributed by atoms with Gasteiger partial charge in [0.05, 0.1) is 24.3 Å². The fraction of sp³-hybridized carbons (Fsp3) is 0.611. The molecule has 0 aliphatic heterocycles. The van der Waals surface area contributed by atoms with Gasteiger partial charge in [-0.1, -0.05) is 32.9 Å². The maximum Gasteiger partial charge on any atom is 0.0991 e. The number of fused-ring (bicyclic) bond motifs is 2. The normalized spacial score (nSPS) is 34.1. The summed E-state index contributed by atoms with van der Waals surface area (Å²) >= 11 is 0. The molecule has 2 heteroatoms. The number of hydrogen-bond donors (Lipinski definition) is 0. The Labute approximate surface area is 121 Å². The van der Waals surface area contributed by atoms with Crippen LogP contribution in [0.1, 0.15) is 51.2 Å². The molecule has 2 saturated carbocycles. The summed E-state index contributed by atoms with van der Waals surface area (Å²) in [5, 5.41) is 8.95. The molecule has 0 N–H and O–H groups in total. The Kier molecular flexibility index (Phi) is 3.14. The van der Waals surface area contributed by atoms with E-state index in [1.54, 1.807) is 0 Å². The highest BCUT2D eigenvalue weighted by Gasteiger charge is 2.61. The molecule has 106 valence electrons. The zero-order valence-corrected chi connectivity index (χ0v) is 12.6. The molecule has 3 atom stereocenters. The Morgan fingerprint density at radius 2 is 2.15 bits per heavy atom. The van der Waals surface area contributed by atoms with E-state index in [0.29, 0.717) is 29.1 Å². The van der Waals surface area contributed by atoms with Crippen LogP contribution >= 0.6 is 0 Å².